The summed E-state index contributed by atoms with van der Waals surface area (Å²) in [5.41, 5.74) is 1.07. The summed E-state index contributed by atoms with van der Waals surface area (Å²) in [6, 6.07) is 12.4. The first kappa shape index (κ1) is 11.8. The van der Waals surface area contributed by atoms with Gasteiger partial charge in [-0.25, -0.2) is 9.97 Å². The van der Waals surface area contributed by atoms with E-state index in [0.717, 1.165) is 22.9 Å². The number of thiophene rings is 1. The highest BCUT2D eigenvalue weighted by atomic mass is 32.1. The Balaban J connectivity index is 1.71. The van der Waals surface area contributed by atoms with Crippen LogP contribution < -0.4 is 0 Å². The lowest BCUT2D eigenvalue weighted by Crippen LogP contribution is -1.99. The lowest BCUT2D eigenvalue weighted by Gasteiger charge is -2.03. The van der Waals surface area contributed by atoms with Crippen LogP contribution in [-0.4, -0.2) is 14.5 Å². The maximum atomic E-state index is 4.68. The molecule has 0 amide bonds. The van der Waals surface area contributed by atoms with E-state index in [1.165, 1.54) is 9.58 Å². The van der Waals surface area contributed by atoms with E-state index in [4.69, 9.17) is 0 Å². The molecule has 0 saturated heterocycles. The third-order valence-electron chi connectivity index (χ3n) is 3.10. The number of nitrogens with zero attached hydrogens (tertiary/aromatic N) is 3. The minimum Gasteiger partial charge on any atom is -0.323 e. The van der Waals surface area contributed by atoms with Crippen molar-refractivity contribution in [2.45, 2.75) is 6.54 Å². The topological polar surface area (TPSA) is 30.7 Å². The zero-order chi connectivity index (χ0) is 13.4. The highest BCUT2D eigenvalue weighted by molar-refractivity contribution is 7.18. The first-order valence-electron chi connectivity index (χ1n) is 6.29. The molecule has 0 fully saturated rings. The quantitative estimate of drug-likeness (QED) is 0.565. The average Bonchev–Trinajstić information content (AvgIpc) is 3.18. The summed E-state index contributed by atoms with van der Waals surface area (Å²) in [6.45, 7) is 0.770. The van der Waals surface area contributed by atoms with Crippen molar-refractivity contribution in [1.82, 2.24) is 14.5 Å². The molecule has 0 unspecified atom stereocenters. The lowest BCUT2D eigenvalue weighted by atomic mass is 10.3. The number of fused-ring (bicyclic) bond motifs is 1. The molecule has 98 valence electrons. The summed E-state index contributed by atoms with van der Waals surface area (Å²) in [4.78, 5) is 10.3. The highest BCUT2D eigenvalue weighted by Crippen LogP contribution is 2.26. The van der Waals surface area contributed by atoms with E-state index in [1.807, 2.05) is 18.5 Å². The van der Waals surface area contributed by atoms with Crippen molar-refractivity contribution in [2.24, 2.45) is 0 Å². The summed E-state index contributed by atoms with van der Waals surface area (Å²) in [6.07, 6.45) is 3.86. The molecule has 3 heterocycles. The molecule has 20 heavy (non-hydrogen) atoms. The molecule has 0 N–H and O–H groups in total. The van der Waals surface area contributed by atoms with Crippen LogP contribution in [0.1, 0.15) is 5.01 Å². The van der Waals surface area contributed by atoms with Gasteiger partial charge in [0.15, 0.2) is 0 Å². The van der Waals surface area contributed by atoms with Crippen molar-refractivity contribution < 1.29 is 0 Å². The molecule has 0 bridgehead atoms. The fraction of sp³-hybridized carbons (Fsp3) is 0.0667. The average molecular weight is 297 g/mol. The molecule has 0 aliphatic carbocycles. The molecular formula is C15H11N3S2. The zero-order valence-corrected chi connectivity index (χ0v) is 12.2. The summed E-state index contributed by atoms with van der Waals surface area (Å²) < 4.78 is 3.39. The molecule has 0 aliphatic rings. The molecule has 1 aromatic carbocycles. The van der Waals surface area contributed by atoms with E-state index in [0.29, 0.717) is 0 Å². The van der Waals surface area contributed by atoms with Gasteiger partial charge in [-0.15, -0.1) is 22.7 Å². The lowest BCUT2D eigenvalue weighted by molar-refractivity contribution is 0.803. The van der Waals surface area contributed by atoms with Crippen LogP contribution in [0.25, 0.3) is 20.9 Å². The van der Waals surface area contributed by atoms with Gasteiger partial charge in [0.1, 0.15) is 10.8 Å². The SMILES string of the molecule is c1csc(-c2nccn2Cc2nc3ccccc3s2)c1. The van der Waals surface area contributed by atoms with Crippen LogP contribution in [0, 0.1) is 0 Å². The first-order valence-corrected chi connectivity index (χ1v) is 7.99. The van der Waals surface area contributed by atoms with Gasteiger partial charge in [-0.3, -0.25) is 0 Å². The van der Waals surface area contributed by atoms with E-state index >= 15 is 0 Å². The van der Waals surface area contributed by atoms with Crippen LogP contribution >= 0.6 is 22.7 Å². The number of rotatable bonds is 3. The van der Waals surface area contributed by atoms with Crippen molar-refractivity contribution in [1.29, 1.82) is 0 Å². The van der Waals surface area contributed by atoms with Crippen LogP contribution in [0.5, 0.6) is 0 Å². The Morgan fingerprint density at radius 2 is 2.05 bits per heavy atom. The second kappa shape index (κ2) is 4.85. The number of hydrogen-bond donors (Lipinski definition) is 0. The largest absolute Gasteiger partial charge is 0.323 e. The van der Waals surface area contributed by atoms with Crippen molar-refractivity contribution >= 4 is 32.9 Å². The summed E-state index contributed by atoms with van der Waals surface area (Å²) >= 11 is 3.46. The number of thiazole rings is 1. The van der Waals surface area contributed by atoms with Gasteiger partial charge >= 0.3 is 0 Å². The summed E-state index contributed by atoms with van der Waals surface area (Å²) in [7, 11) is 0. The van der Waals surface area contributed by atoms with Crippen molar-refractivity contribution in [3.05, 3.63) is 59.2 Å². The van der Waals surface area contributed by atoms with Crippen LogP contribution in [-0.2, 0) is 6.54 Å². The molecule has 0 aliphatic heterocycles. The fourth-order valence-corrected chi connectivity index (χ4v) is 3.90. The van der Waals surface area contributed by atoms with Crippen molar-refractivity contribution in [2.75, 3.05) is 0 Å². The Labute approximate surface area is 124 Å². The van der Waals surface area contributed by atoms with Crippen LogP contribution in [0.2, 0.25) is 0 Å². The molecule has 0 atom stereocenters. The Morgan fingerprint density at radius 3 is 2.90 bits per heavy atom. The Kier molecular flexibility index (Phi) is 2.86. The second-order valence-corrected chi connectivity index (χ2v) is 6.49. The van der Waals surface area contributed by atoms with Gasteiger partial charge in [0, 0.05) is 12.4 Å². The molecule has 0 spiro atoms. The Hall–Kier alpha value is -1.98. The predicted molar refractivity (Wildman–Crippen MR) is 84.3 cm³/mol. The van der Waals surface area contributed by atoms with Crippen molar-refractivity contribution in [3.8, 4) is 10.7 Å². The number of imidazole rings is 1. The summed E-state index contributed by atoms with van der Waals surface area (Å²) in [5, 5.41) is 3.19. The van der Waals surface area contributed by atoms with E-state index in [-0.39, 0.29) is 0 Å². The Bertz CT molecular complexity index is 810. The van der Waals surface area contributed by atoms with E-state index in [9.17, 15) is 0 Å². The molecule has 0 radical (unpaired) electrons. The summed E-state index contributed by atoms with van der Waals surface area (Å²) in [5.74, 6) is 1.01. The van der Waals surface area contributed by atoms with Gasteiger partial charge in [-0.1, -0.05) is 18.2 Å². The fourth-order valence-electron chi connectivity index (χ4n) is 2.20. The van der Waals surface area contributed by atoms with E-state index in [1.54, 1.807) is 22.7 Å². The van der Waals surface area contributed by atoms with Crippen molar-refractivity contribution in [3.63, 3.8) is 0 Å². The molecular weight excluding hydrogens is 286 g/mol. The predicted octanol–water partition coefficient (Wildman–Crippen LogP) is 4.27. The maximum Gasteiger partial charge on any atom is 0.150 e. The minimum atomic E-state index is 0.770. The maximum absolute atomic E-state index is 4.68. The third kappa shape index (κ3) is 2.05. The van der Waals surface area contributed by atoms with Crippen LogP contribution in [0.3, 0.4) is 0 Å². The minimum absolute atomic E-state index is 0.770. The van der Waals surface area contributed by atoms with Gasteiger partial charge in [0.2, 0.25) is 0 Å². The van der Waals surface area contributed by atoms with E-state index < -0.39 is 0 Å². The smallest absolute Gasteiger partial charge is 0.150 e. The normalized spacial score (nSPS) is 11.2. The number of para-hydroxylation sites is 1. The number of benzene rings is 1. The van der Waals surface area contributed by atoms with Gasteiger partial charge in [-0.05, 0) is 23.6 Å². The molecule has 0 saturated carbocycles. The van der Waals surface area contributed by atoms with Crippen LogP contribution in [0.15, 0.2) is 54.2 Å². The number of hydrogen-bond acceptors (Lipinski definition) is 4. The molecule has 3 aromatic heterocycles. The van der Waals surface area contributed by atoms with E-state index in [2.05, 4.69) is 50.2 Å². The molecule has 4 aromatic rings. The standard InChI is InChI=1S/C15H11N3S2/c1-2-5-12-11(4-1)17-14(20-12)10-18-8-7-16-15(18)13-6-3-9-19-13/h1-9H,10H2. The van der Waals surface area contributed by atoms with Gasteiger partial charge in [-0.2, -0.15) is 0 Å². The Morgan fingerprint density at radius 1 is 1.10 bits per heavy atom. The molecule has 3 nitrogen and oxygen atoms in total. The highest BCUT2D eigenvalue weighted by Gasteiger charge is 2.09. The monoisotopic (exact) mass is 297 g/mol. The van der Waals surface area contributed by atoms with Gasteiger partial charge < -0.3 is 4.57 Å². The van der Waals surface area contributed by atoms with Gasteiger partial charge in [0.05, 0.1) is 21.6 Å². The molecule has 5 heteroatoms. The van der Waals surface area contributed by atoms with Crippen LogP contribution in [0.4, 0.5) is 0 Å². The number of aromatic nitrogens is 3. The second-order valence-electron chi connectivity index (χ2n) is 4.43. The van der Waals surface area contributed by atoms with Gasteiger partial charge in [0.25, 0.3) is 0 Å². The molecule has 4 rings (SSSR count). The zero-order valence-electron chi connectivity index (χ0n) is 10.6. The third-order valence-corrected chi connectivity index (χ3v) is 4.99. The first-order chi connectivity index (χ1) is 9.90.